The summed E-state index contributed by atoms with van der Waals surface area (Å²) in [4.78, 5) is 21.9. The number of hydrogen-bond donors (Lipinski definition) is 0. The molecular weight excluding hydrogens is 382 g/mol. The molecule has 0 spiro atoms. The number of hydrogen-bond acceptors (Lipinski definition) is 5. The maximum atomic E-state index is 12.4. The second-order valence-corrected chi connectivity index (χ2v) is 8.36. The molecule has 5 nitrogen and oxygen atoms in total. The number of rotatable bonds is 4. The van der Waals surface area contributed by atoms with Crippen molar-refractivity contribution < 1.29 is 9.53 Å². The molecule has 1 amide bonds. The number of ether oxygens (including phenoxy) is 1. The molecule has 0 unspecified atom stereocenters. The largest absolute Gasteiger partial charge is 0.491 e. The summed E-state index contributed by atoms with van der Waals surface area (Å²) in [5.74, 6) is 0.679. The van der Waals surface area contributed by atoms with Crippen molar-refractivity contribution in [3.05, 3.63) is 65.1 Å². The lowest BCUT2D eigenvalue weighted by molar-refractivity contribution is -0.113. The molecule has 2 aliphatic heterocycles. The number of anilines is 1. The first kappa shape index (κ1) is 19.6. The van der Waals surface area contributed by atoms with Crippen molar-refractivity contribution in [2.24, 2.45) is 4.99 Å². The number of para-hydroxylation sites is 1. The topological polar surface area (TPSA) is 45.1 Å². The van der Waals surface area contributed by atoms with E-state index < -0.39 is 0 Å². The van der Waals surface area contributed by atoms with Gasteiger partial charge in [0.1, 0.15) is 5.75 Å². The second kappa shape index (κ2) is 8.74. The van der Waals surface area contributed by atoms with Gasteiger partial charge in [-0.1, -0.05) is 30.3 Å². The predicted molar refractivity (Wildman–Crippen MR) is 120 cm³/mol. The van der Waals surface area contributed by atoms with Gasteiger partial charge in [0.15, 0.2) is 5.17 Å². The first-order valence-electron chi connectivity index (χ1n) is 9.93. The maximum absolute atomic E-state index is 12.4. The monoisotopic (exact) mass is 407 g/mol. The minimum absolute atomic E-state index is 0.143. The van der Waals surface area contributed by atoms with Crippen LogP contribution in [-0.4, -0.2) is 48.3 Å². The highest BCUT2D eigenvalue weighted by atomic mass is 32.2. The van der Waals surface area contributed by atoms with Crippen LogP contribution in [0.25, 0.3) is 6.08 Å². The molecule has 0 aromatic heterocycles. The van der Waals surface area contributed by atoms with Gasteiger partial charge in [0, 0.05) is 31.9 Å². The fourth-order valence-electron chi connectivity index (χ4n) is 3.39. The molecule has 29 heavy (non-hydrogen) atoms. The highest BCUT2D eigenvalue weighted by Crippen LogP contribution is 2.31. The molecule has 6 heteroatoms. The summed E-state index contributed by atoms with van der Waals surface area (Å²) in [7, 11) is 0. The van der Waals surface area contributed by atoms with E-state index in [1.807, 2.05) is 50.3 Å². The van der Waals surface area contributed by atoms with E-state index in [1.165, 1.54) is 17.4 Å². The zero-order valence-electron chi connectivity index (χ0n) is 16.7. The number of aliphatic imine (C=N–C) groups is 1. The highest BCUT2D eigenvalue weighted by molar-refractivity contribution is 8.18. The van der Waals surface area contributed by atoms with E-state index >= 15 is 0 Å². The van der Waals surface area contributed by atoms with Crippen LogP contribution in [0.1, 0.15) is 19.4 Å². The van der Waals surface area contributed by atoms with E-state index in [1.54, 1.807) is 0 Å². The van der Waals surface area contributed by atoms with Crippen LogP contribution >= 0.6 is 11.8 Å². The van der Waals surface area contributed by atoms with Gasteiger partial charge in [-0.2, -0.15) is 4.99 Å². The number of thioether (sulfide) groups is 1. The van der Waals surface area contributed by atoms with E-state index in [9.17, 15) is 4.79 Å². The van der Waals surface area contributed by atoms with E-state index in [4.69, 9.17) is 4.74 Å². The molecule has 1 fully saturated rings. The summed E-state index contributed by atoms with van der Waals surface area (Å²) in [6, 6.07) is 18.2. The lowest BCUT2D eigenvalue weighted by atomic mass is 10.2. The summed E-state index contributed by atoms with van der Waals surface area (Å²) >= 11 is 1.47. The Labute approximate surface area is 176 Å². The maximum Gasteiger partial charge on any atom is 0.286 e. The third-order valence-electron chi connectivity index (χ3n) is 4.83. The number of benzene rings is 2. The SMILES string of the molecule is CC(C)Oc1ccc(/C=C2\SC(N3CCN(c4ccccc4)CC3)=NC2=O)cc1. The van der Waals surface area contributed by atoms with Crippen molar-refractivity contribution in [2.45, 2.75) is 20.0 Å². The van der Waals surface area contributed by atoms with Crippen molar-refractivity contribution in [1.82, 2.24) is 4.90 Å². The molecule has 1 saturated heterocycles. The van der Waals surface area contributed by atoms with Crippen LogP contribution in [0.5, 0.6) is 5.75 Å². The molecule has 4 rings (SSSR count). The van der Waals surface area contributed by atoms with Crippen LogP contribution in [0, 0.1) is 0 Å². The third kappa shape index (κ3) is 4.82. The number of nitrogens with zero attached hydrogens (tertiary/aromatic N) is 3. The summed E-state index contributed by atoms with van der Waals surface area (Å²) in [6.07, 6.45) is 2.05. The minimum Gasteiger partial charge on any atom is -0.491 e. The molecule has 150 valence electrons. The Morgan fingerprint density at radius 1 is 0.966 bits per heavy atom. The smallest absolute Gasteiger partial charge is 0.286 e. The summed E-state index contributed by atoms with van der Waals surface area (Å²) in [5, 5.41) is 0.814. The summed E-state index contributed by atoms with van der Waals surface area (Å²) < 4.78 is 5.67. The molecule has 2 heterocycles. The zero-order valence-corrected chi connectivity index (χ0v) is 17.6. The Morgan fingerprint density at radius 3 is 2.28 bits per heavy atom. The Bertz CT molecular complexity index is 915. The van der Waals surface area contributed by atoms with Crippen LogP contribution in [0.4, 0.5) is 5.69 Å². The summed E-state index contributed by atoms with van der Waals surface area (Å²) in [5.41, 5.74) is 2.22. The Balaban J connectivity index is 1.36. The van der Waals surface area contributed by atoms with Crippen LogP contribution in [-0.2, 0) is 4.79 Å². The quantitative estimate of drug-likeness (QED) is 0.709. The van der Waals surface area contributed by atoms with Gasteiger partial charge in [-0.05, 0) is 61.5 Å². The molecule has 0 saturated carbocycles. The first-order chi connectivity index (χ1) is 14.1. The molecule has 0 radical (unpaired) electrons. The van der Waals surface area contributed by atoms with Crippen LogP contribution < -0.4 is 9.64 Å². The molecule has 0 bridgehead atoms. The van der Waals surface area contributed by atoms with Crippen molar-refractivity contribution in [3.63, 3.8) is 0 Å². The van der Waals surface area contributed by atoms with Crippen LogP contribution in [0.15, 0.2) is 64.5 Å². The van der Waals surface area contributed by atoms with Gasteiger partial charge >= 0.3 is 0 Å². The number of piperazine rings is 1. The number of amidine groups is 1. The molecular formula is C23H25N3O2S. The summed E-state index contributed by atoms with van der Waals surface area (Å²) in [6.45, 7) is 7.58. The zero-order chi connectivity index (χ0) is 20.2. The standard InChI is InChI=1S/C23H25N3O2S/c1-17(2)28-20-10-8-18(9-11-20)16-21-22(27)24-23(29-21)26-14-12-25(13-15-26)19-6-4-3-5-7-19/h3-11,16-17H,12-15H2,1-2H3/b21-16-. The van der Waals surface area contributed by atoms with Gasteiger partial charge in [0.05, 0.1) is 11.0 Å². The second-order valence-electron chi connectivity index (χ2n) is 7.36. The van der Waals surface area contributed by atoms with E-state index in [0.29, 0.717) is 4.91 Å². The molecule has 2 aliphatic rings. The van der Waals surface area contributed by atoms with Crippen molar-refractivity contribution in [3.8, 4) is 5.75 Å². The fourth-order valence-corrected chi connectivity index (χ4v) is 4.36. The average molecular weight is 408 g/mol. The van der Waals surface area contributed by atoms with Gasteiger partial charge < -0.3 is 14.5 Å². The predicted octanol–water partition coefficient (Wildman–Crippen LogP) is 4.27. The van der Waals surface area contributed by atoms with Crippen LogP contribution in [0.3, 0.4) is 0 Å². The number of carbonyl (C=O) groups is 1. The third-order valence-corrected chi connectivity index (χ3v) is 5.87. The fraction of sp³-hybridized carbons (Fsp3) is 0.304. The Kier molecular flexibility index (Phi) is 5.90. The highest BCUT2D eigenvalue weighted by Gasteiger charge is 2.28. The van der Waals surface area contributed by atoms with Gasteiger partial charge in [-0.3, -0.25) is 4.79 Å². The van der Waals surface area contributed by atoms with Crippen molar-refractivity contribution >= 4 is 34.6 Å². The lowest BCUT2D eigenvalue weighted by Crippen LogP contribution is -2.47. The molecule has 2 aromatic carbocycles. The van der Waals surface area contributed by atoms with Crippen LogP contribution in [0.2, 0.25) is 0 Å². The van der Waals surface area contributed by atoms with Crippen molar-refractivity contribution in [1.29, 1.82) is 0 Å². The minimum atomic E-state index is -0.155. The number of carbonyl (C=O) groups excluding carboxylic acids is 1. The van der Waals surface area contributed by atoms with Gasteiger partial charge in [-0.15, -0.1) is 0 Å². The van der Waals surface area contributed by atoms with E-state index in [-0.39, 0.29) is 12.0 Å². The van der Waals surface area contributed by atoms with Gasteiger partial charge in [-0.25, -0.2) is 0 Å². The molecule has 2 aromatic rings. The Hall–Kier alpha value is -2.73. The Morgan fingerprint density at radius 2 is 1.62 bits per heavy atom. The lowest BCUT2D eigenvalue weighted by Gasteiger charge is -2.36. The molecule has 0 aliphatic carbocycles. The normalized spacial score (nSPS) is 18.5. The van der Waals surface area contributed by atoms with Crippen molar-refractivity contribution in [2.75, 3.05) is 31.1 Å². The first-order valence-corrected chi connectivity index (χ1v) is 10.7. The molecule has 0 atom stereocenters. The average Bonchev–Trinajstić information content (AvgIpc) is 3.10. The van der Waals surface area contributed by atoms with E-state index in [2.05, 4.69) is 39.1 Å². The van der Waals surface area contributed by atoms with Gasteiger partial charge in [0.25, 0.3) is 5.91 Å². The molecule has 0 N–H and O–H groups in total. The number of amides is 1. The van der Waals surface area contributed by atoms with E-state index in [0.717, 1.165) is 42.7 Å². The van der Waals surface area contributed by atoms with Gasteiger partial charge in [0.2, 0.25) is 0 Å².